The minimum Gasteiger partial charge on any atom is -0.365 e. The van der Waals surface area contributed by atoms with Crippen molar-refractivity contribution in [3.05, 3.63) is 108 Å². The van der Waals surface area contributed by atoms with Gasteiger partial charge in [0.2, 0.25) is 0 Å². The van der Waals surface area contributed by atoms with E-state index in [9.17, 15) is 13.6 Å². The number of amides is 1. The summed E-state index contributed by atoms with van der Waals surface area (Å²) in [7, 11) is 0. The number of carbonyl (C=O) groups is 1. The molecule has 4 heterocycles. The minimum absolute atomic E-state index is 0.147. The molecule has 2 aromatic carbocycles. The number of halogens is 2. The Bertz CT molecular complexity index is 1670. The number of imidazole rings is 2. The van der Waals surface area contributed by atoms with Crippen LogP contribution in [-0.2, 0) is 18.9 Å². The van der Waals surface area contributed by atoms with E-state index in [0.717, 1.165) is 42.6 Å². The van der Waals surface area contributed by atoms with Gasteiger partial charge in [-0.15, -0.1) is 0 Å². The summed E-state index contributed by atoms with van der Waals surface area (Å²) in [5.74, 6) is -3.56. The van der Waals surface area contributed by atoms with Crippen molar-refractivity contribution in [1.29, 1.82) is 0 Å². The molecule has 6 rings (SSSR count). The molecule has 0 atom stereocenters. The van der Waals surface area contributed by atoms with Crippen LogP contribution in [0, 0.1) is 6.92 Å². The number of hydrogen-bond donors (Lipinski definition) is 1. The Balaban J connectivity index is 1.27. The molecule has 1 aliphatic rings. The molecule has 192 valence electrons. The number of benzene rings is 2. The number of alkyl halides is 2. The van der Waals surface area contributed by atoms with Crippen molar-refractivity contribution in [1.82, 2.24) is 18.9 Å². The second-order valence-electron chi connectivity index (χ2n) is 9.73. The molecule has 1 amide bonds. The van der Waals surface area contributed by atoms with Crippen LogP contribution in [0.3, 0.4) is 0 Å². The maximum atomic E-state index is 14.3. The number of fused-ring (bicyclic) bond motifs is 2. The maximum Gasteiger partial charge on any atom is 0.270 e. The smallest absolute Gasteiger partial charge is 0.270 e. The summed E-state index contributed by atoms with van der Waals surface area (Å²) < 4.78 is 32.3. The summed E-state index contributed by atoms with van der Waals surface area (Å²) in [4.78, 5) is 24.2. The van der Waals surface area contributed by atoms with Gasteiger partial charge in [0.1, 0.15) is 5.65 Å². The molecule has 5 aromatic rings. The third-order valence-corrected chi connectivity index (χ3v) is 6.88. The highest BCUT2D eigenvalue weighted by atomic mass is 19.3. The number of rotatable bonds is 6. The van der Waals surface area contributed by atoms with Gasteiger partial charge in [-0.05, 0) is 61.4 Å². The van der Waals surface area contributed by atoms with Crippen LogP contribution in [0.2, 0.25) is 0 Å². The van der Waals surface area contributed by atoms with Crippen molar-refractivity contribution in [2.75, 3.05) is 16.8 Å². The predicted octanol–water partition coefficient (Wildman–Crippen LogP) is 5.76. The van der Waals surface area contributed by atoms with Gasteiger partial charge in [0.25, 0.3) is 11.8 Å². The van der Waals surface area contributed by atoms with Gasteiger partial charge in [-0.2, -0.15) is 0 Å². The highest BCUT2D eigenvalue weighted by Gasteiger charge is 2.27. The van der Waals surface area contributed by atoms with Crippen molar-refractivity contribution in [3.8, 4) is 5.69 Å². The van der Waals surface area contributed by atoms with E-state index in [2.05, 4.69) is 24.6 Å². The molecular formula is C29H26F2N6O. The number of pyridine rings is 1. The lowest BCUT2D eigenvalue weighted by molar-refractivity contribution is 0.0174. The molecule has 0 aliphatic carbocycles. The largest absolute Gasteiger partial charge is 0.365 e. The van der Waals surface area contributed by atoms with Crippen LogP contribution in [-0.4, -0.2) is 31.4 Å². The monoisotopic (exact) mass is 512 g/mol. The molecule has 9 heteroatoms. The number of nitrogens with one attached hydrogen (secondary N) is 1. The first-order chi connectivity index (χ1) is 18.2. The zero-order valence-electron chi connectivity index (χ0n) is 21.0. The molecule has 0 fully saturated rings. The second kappa shape index (κ2) is 9.09. The van der Waals surface area contributed by atoms with Crippen LogP contribution in [0.1, 0.15) is 39.8 Å². The number of carbonyl (C=O) groups excluding carboxylic acids is 1. The summed E-state index contributed by atoms with van der Waals surface area (Å²) in [6.45, 7) is 4.17. The average Bonchev–Trinajstić information content (AvgIpc) is 3.62. The number of aryl methyl sites for hydroxylation is 1. The predicted molar refractivity (Wildman–Crippen MR) is 142 cm³/mol. The zero-order valence-corrected chi connectivity index (χ0v) is 21.0. The molecule has 0 unspecified atom stereocenters. The Labute approximate surface area is 218 Å². The zero-order chi connectivity index (χ0) is 26.4. The Morgan fingerprint density at radius 3 is 2.76 bits per heavy atom. The van der Waals surface area contributed by atoms with Gasteiger partial charge in [-0.25, -0.2) is 18.7 Å². The number of anilines is 2. The highest BCUT2D eigenvalue weighted by Crippen LogP contribution is 2.33. The highest BCUT2D eigenvalue weighted by molar-refractivity contribution is 6.05. The van der Waals surface area contributed by atoms with Crippen molar-refractivity contribution in [2.45, 2.75) is 32.7 Å². The van der Waals surface area contributed by atoms with Gasteiger partial charge in [0, 0.05) is 54.1 Å². The van der Waals surface area contributed by atoms with Crippen LogP contribution < -0.4 is 10.2 Å². The molecule has 1 aliphatic heterocycles. The standard InChI is InChI=1S/C29H26F2N6O/c1-19-16-36(18-33-19)24-12-21(11-22(13-24)29(2,30)31)28(38)34-23-7-6-20-8-10-35(26(20)14-23)17-25-15-32-27-5-3-4-9-37(25)27/h3-7,9,11-16,18H,8,10,17H2,1-2H3,(H,34,38). The normalized spacial score (nSPS) is 13.2. The molecule has 0 spiro atoms. The van der Waals surface area contributed by atoms with E-state index in [-0.39, 0.29) is 11.1 Å². The Hall–Kier alpha value is -4.53. The SMILES string of the molecule is Cc1cn(-c2cc(C(=O)Nc3ccc4c(c3)N(Cc3cnc5ccccn35)CC4)cc(C(C)(F)F)c2)cn1. The van der Waals surface area contributed by atoms with Crippen LogP contribution in [0.15, 0.2) is 79.5 Å². The Morgan fingerprint density at radius 1 is 1.11 bits per heavy atom. The molecular weight excluding hydrogens is 486 g/mol. The van der Waals surface area contributed by atoms with Crippen molar-refractivity contribution in [2.24, 2.45) is 0 Å². The first-order valence-corrected chi connectivity index (χ1v) is 12.4. The average molecular weight is 513 g/mol. The van der Waals surface area contributed by atoms with E-state index in [0.29, 0.717) is 17.9 Å². The third kappa shape index (κ3) is 4.51. The Kier molecular flexibility index (Phi) is 5.71. The minimum atomic E-state index is -3.10. The van der Waals surface area contributed by atoms with Crippen LogP contribution in [0.4, 0.5) is 20.2 Å². The Morgan fingerprint density at radius 2 is 1.97 bits per heavy atom. The lowest BCUT2D eigenvalue weighted by atomic mass is 10.0. The van der Waals surface area contributed by atoms with E-state index in [1.165, 1.54) is 17.7 Å². The van der Waals surface area contributed by atoms with Crippen LogP contribution in [0.5, 0.6) is 0 Å². The van der Waals surface area contributed by atoms with E-state index < -0.39 is 11.8 Å². The van der Waals surface area contributed by atoms with Gasteiger partial charge < -0.3 is 19.2 Å². The van der Waals surface area contributed by atoms with Crippen molar-refractivity contribution in [3.63, 3.8) is 0 Å². The van der Waals surface area contributed by atoms with Gasteiger partial charge in [0.15, 0.2) is 0 Å². The molecule has 0 saturated carbocycles. The summed E-state index contributed by atoms with van der Waals surface area (Å²) in [6, 6.07) is 15.9. The molecule has 0 saturated heterocycles. The molecule has 0 bridgehead atoms. The summed E-state index contributed by atoms with van der Waals surface area (Å²) in [6.07, 6.45) is 8.06. The summed E-state index contributed by atoms with van der Waals surface area (Å²) in [5, 5.41) is 2.91. The summed E-state index contributed by atoms with van der Waals surface area (Å²) >= 11 is 0. The molecule has 38 heavy (non-hydrogen) atoms. The van der Waals surface area contributed by atoms with E-state index in [1.807, 2.05) is 55.7 Å². The van der Waals surface area contributed by atoms with Gasteiger partial charge in [0.05, 0.1) is 30.5 Å². The first-order valence-electron chi connectivity index (χ1n) is 12.4. The number of hydrogen-bond acceptors (Lipinski definition) is 4. The second-order valence-corrected chi connectivity index (χ2v) is 9.73. The van der Waals surface area contributed by atoms with E-state index >= 15 is 0 Å². The van der Waals surface area contributed by atoms with E-state index in [4.69, 9.17) is 0 Å². The maximum absolute atomic E-state index is 14.3. The molecule has 7 nitrogen and oxygen atoms in total. The van der Waals surface area contributed by atoms with E-state index in [1.54, 1.807) is 23.2 Å². The first kappa shape index (κ1) is 23.8. The quantitative estimate of drug-likeness (QED) is 0.314. The molecule has 3 aromatic heterocycles. The van der Waals surface area contributed by atoms with Gasteiger partial charge in [-0.3, -0.25) is 4.79 Å². The van der Waals surface area contributed by atoms with Crippen molar-refractivity contribution >= 4 is 22.9 Å². The fourth-order valence-corrected chi connectivity index (χ4v) is 4.90. The molecule has 0 radical (unpaired) electrons. The van der Waals surface area contributed by atoms with Gasteiger partial charge >= 0.3 is 0 Å². The van der Waals surface area contributed by atoms with Crippen molar-refractivity contribution < 1.29 is 13.6 Å². The van der Waals surface area contributed by atoms with Crippen LogP contribution in [0.25, 0.3) is 11.3 Å². The van der Waals surface area contributed by atoms with Gasteiger partial charge in [-0.1, -0.05) is 12.1 Å². The number of nitrogens with zero attached hydrogens (tertiary/aromatic N) is 5. The summed E-state index contributed by atoms with van der Waals surface area (Å²) in [5.41, 5.74) is 5.91. The third-order valence-electron chi connectivity index (χ3n) is 6.88. The fraction of sp³-hybridized carbons (Fsp3) is 0.207. The van der Waals surface area contributed by atoms with Crippen LogP contribution >= 0.6 is 0 Å². The molecule has 1 N–H and O–H groups in total. The topological polar surface area (TPSA) is 67.5 Å². The lowest BCUT2D eigenvalue weighted by Crippen LogP contribution is -2.21. The fourth-order valence-electron chi connectivity index (χ4n) is 4.90. The lowest BCUT2D eigenvalue weighted by Gasteiger charge is -2.20. The number of aromatic nitrogens is 4.